The number of aromatic nitrogens is 5. The molecule has 2 amide bonds. The van der Waals surface area contributed by atoms with E-state index in [0.717, 1.165) is 11.4 Å². The molecule has 1 saturated heterocycles. The zero-order valence-corrected chi connectivity index (χ0v) is 22.8. The second-order valence-electron chi connectivity index (χ2n) is 10.1. The Kier molecular flexibility index (Phi) is 7.36. The lowest BCUT2D eigenvalue weighted by atomic mass is 9.99. The average Bonchev–Trinajstić information content (AvgIpc) is 3.71. The zero-order chi connectivity index (χ0) is 28.3. The molecule has 4 aromatic rings. The lowest BCUT2D eigenvalue weighted by molar-refractivity contribution is -0.131. The van der Waals surface area contributed by atoms with Crippen LogP contribution in [0.1, 0.15) is 28.9 Å². The van der Waals surface area contributed by atoms with Crippen molar-refractivity contribution in [3.63, 3.8) is 0 Å². The number of H-pyrrole nitrogens is 1. The summed E-state index contributed by atoms with van der Waals surface area (Å²) in [5.74, 6) is 0.853. The van der Waals surface area contributed by atoms with E-state index in [4.69, 9.17) is 4.74 Å². The van der Waals surface area contributed by atoms with E-state index in [2.05, 4.69) is 25.2 Å². The highest BCUT2D eigenvalue weighted by Crippen LogP contribution is 2.30. The van der Waals surface area contributed by atoms with Gasteiger partial charge in [0.1, 0.15) is 5.69 Å². The topological polar surface area (TPSA) is 112 Å². The van der Waals surface area contributed by atoms with Crippen LogP contribution in [0.4, 0.5) is 10.2 Å². The number of nitrogens with zero attached hydrogens (tertiary/aromatic N) is 7. The van der Waals surface area contributed by atoms with E-state index in [1.807, 2.05) is 24.3 Å². The minimum Gasteiger partial charge on any atom is -0.493 e. The van der Waals surface area contributed by atoms with Gasteiger partial charge in [-0.05, 0) is 30.2 Å². The number of aryl methyl sites for hydroxylation is 1. The number of hydrogen-bond donors (Lipinski definition) is 1. The van der Waals surface area contributed by atoms with Crippen molar-refractivity contribution in [3.8, 4) is 5.75 Å². The fourth-order valence-corrected chi connectivity index (χ4v) is 5.47. The summed E-state index contributed by atoms with van der Waals surface area (Å²) in [6.07, 6.45) is 7.94. The normalized spacial score (nSPS) is 15.8. The second kappa shape index (κ2) is 11.4. The highest BCUT2D eigenvalue weighted by Gasteiger charge is 2.27. The fourth-order valence-electron chi connectivity index (χ4n) is 5.47. The van der Waals surface area contributed by atoms with Gasteiger partial charge in [-0.1, -0.05) is 23.4 Å². The molecule has 2 aliphatic rings. The lowest BCUT2D eigenvalue weighted by Crippen LogP contribution is -2.49. The minimum absolute atomic E-state index is 0.0121. The van der Waals surface area contributed by atoms with Crippen LogP contribution in [-0.4, -0.2) is 93.0 Å². The standard InChI is InChI=1S/C29H31FN8O3/c1-41-24-5-2-9-31-28(24)35-14-16-36(17-15-35)29(40)23-18-20-6-7-22(26(30)27(20)33-23)21-4-3-11-37(19-21)25(39)8-12-38-13-10-32-34-38/h2,4-7,9-10,13,18,33H,3,8,11-12,14-17,19H2,1H3. The highest BCUT2D eigenvalue weighted by atomic mass is 19.1. The third kappa shape index (κ3) is 5.37. The predicted octanol–water partition coefficient (Wildman–Crippen LogP) is 2.97. The molecule has 1 fully saturated rings. The highest BCUT2D eigenvalue weighted by molar-refractivity contribution is 5.99. The number of carbonyl (C=O) groups is 2. The number of fused-ring (bicyclic) bond motifs is 1. The number of anilines is 1. The quantitative estimate of drug-likeness (QED) is 0.371. The van der Waals surface area contributed by atoms with Crippen molar-refractivity contribution in [1.29, 1.82) is 0 Å². The summed E-state index contributed by atoms with van der Waals surface area (Å²) in [6, 6.07) is 8.94. The molecule has 1 aromatic carbocycles. The molecule has 0 atom stereocenters. The molecule has 0 saturated carbocycles. The number of amides is 2. The molecule has 3 aromatic heterocycles. The first kappa shape index (κ1) is 26.5. The number of pyridine rings is 1. The van der Waals surface area contributed by atoms with Crippen molar-refractivity contribution in [1.82, 2.24) is 34.8 Å². The van der Waals surface area contributed by atoms with E-state index in [1.165, 1.54) is 0 Å². The van der Waals surface area contributed by atoms with Gasteiger partial charge in [0.15, 0.2) is 17.4 Å². The number of aromatic amines is 1. The summed E-state index contributed by atoms with van der Waals surface area (Å²) < 4.78 is 22.8. The van der Waals surface area contributed by atoms with Crippen molar-refractivity contribution in [2.75, 3.05) is 51.3 Å². The van der Waals surface area contributed by atoms with Crippen molar-refractivity contribution in [3.05, 3.63) is 72.1 Å². The monoisotopic (exact) mass is 558 g/mol. The van der Waals surface area contributed by atoms with Gasteiger partial charge in [-0.3, -0.25) is 14.3 Å². The molecule has 0 aliphatic carbocycles. The van der Waals surface area contributed by atoms with Crippen LogP contribution in [0, 0.1) is 5.82 Å². The molecule has 0 unspecified atom stereocenters. The van der Waals surface area contributed by atoms with Crippen LogP contribution >= 0.6 is 0 Å². The average molecular weight is 559 g/mol. The molecule has 12 heteroatoms. The van der Waals surface area contributed by atoms with Gasteiger partial charge in [-0.15, -0.1) is 5.10 Å². The van der Waals surface area contributed by atoms with Gasteiger partial charge in [0, 0.05) is 69.0 Å². The van der Waals surface area contributed by atoms with Gasteiger partial charge >= 0.3 is 0 Å². The number of hydrogen-bond acceptors (Lipinski definition) is 7. The van der Waals surface area contributed by atoms with E-state index < -0.39 is 5.82 Å². The number of rotatable bonds is 7. The van der Waals surface area contributed by atoms with E-state index in [0.29, 0.717) is 86.6 Å². The van der Waals surface area contributed by atoms with Gasteiger partial charge in [0.05, 0.1) is 25.4 Å². The molecule has 212 valence electrons. The Morgan fingerprint density at radius 1 is 1.07 bits per heavy atom. The Morgan fingerprint density at radius 3 is 2.71 bits per heavy atom. The summed E-state index contributed by atoms with van der Waals surface area (Å²) in [4.78, 5) is 39.2. The first-order valence-corrected chi connectivity index (χ1v) is 13.7. The molecule has 2 aliphatic heterocycles. The summed E-state index contributed by atoms with van der Waals surface area (Å²) in [7, 11) is 1.61. The van der Waals surface area contributed by atoms with Crippen molar-refractivity contribution >= 4 is 34.1 Å². The Morgan fingerprint density at radius 2 is 1.93 bits per heavy atom. The van der Waals surface area contributed by atoms with Crippen molar-refractivity contribution in [2.24, 2.45) is 0 Å². The van der Waals surface area contributed by atoms with Gasteiger partial charge in [0.25, 0.3) is 5.91 Å². The summed E-state index contributed by atoms with van der Waals surface area (Å²) in [5.41, 5.74) is 1.83. The van der Waals surface area contributed by atoms with Crippen LogP contribution in [0.5, 0.6) is 5.75 Å². The van der Waals surface area contributed by atoms with Gasteiger partial charge < -0.3 is 24.4 Å². The van der Waals surface area contributed by atoms with E-state index in [1.54, 1.807) is 52.3 Å². The first-order chi connectivity index (χ1) is 20.0. The van der Waals surface area contributed by atoms with Gasteiger partial charge in [-0.25, -0.2) is 9.37 Å². The number of piperazine rings is 1. The number of benzene rings is 1. The number of nitrogens with one attached hydrogen (secondary N) is 1. The predicted molar refractivity (Wildman–Crippen MR) is 151 cm³/mol. The smallest absolute Gasteiger partial charge is 0.270 e. The summed E-state index contributed by atoms with van der Waals surface area (Å²) in [5, 5.41) is 8.29. The Balaban J connectivity index is 1.13. The van der Waals surface area contributed by atoms with Crippen molar-refractivity contribution < 1.29 is 18.7 Å². The third-order valence-corrected chi connectivity index (χ3v) is 7.68. The second-order valence-corrected chi connectivity index (χ2v) is 10.1. The largest absolute Gasteiger partial charge is 0.493 e. The maximum atomic E-state index is 15.8. The number of ether oxygens (including phenoxy) is 1. The zero-order valence-electron chi connectivity index (χ0n) is 22.8. The van der Waals surface area contributed by atoms with Crippen LogP contribution in [0.25, 0.3) is 16.5 Å². The molecule has 0 radical (unpaired) electrons. The number of methoxy groups -OCH3 is 1. The molecule has 0 spiro atoms. The molecule has 1 N–H and O–H groups in total. The summed E-state index contributed by atoms with van der Waals surface area (Å²) >= 11 is 0. The molecular formula is C29H31FN8O3. The van der Waals surface area contributed by atoms with Crippen molar-refractivity contribution in [2.45, 2.75) is 19.4 Å². The Bertz CT molecular complexity index is 1590. The van der Waals surface area contributed by atoms with E-state index in [9.17, 15) is 9.59 Å². The van der Waals surface area contributed by atoms with Crippen LogP contribution in [-0.2, 0) is 11.3 Å². The lowest BCUT2D eigenvalue weighted by Gasteiger charge is -2.35. The number of carbonyl (C=O) groups excluding carboxylic acids is 2. The van der Waals surface area contributed by atoms with Gasteiger partial charge in [0.2, 0.25) is 5.91 Å². The van der Waals surface area contributed by atoms with Crippen LogP contribution < -0.4 is 9.64 Å². The minimum atomic E-state index is -0.420. The Labute approximate surface area is 236 Å². The van der Waals surface area contributed by atoms with Gasteiger partial charge in [-0.2, -0.15) is 0 Å². The van der Waals surface area contributed by atoms with Crippen LogP contribution in [0.2, 0.25) is 0 Å². The maximum absolute atomic E-state index is 15.8. The number of halogens is 1. The molecule has 6 rings (SSSR count). The molecular weight excluding hydrogens is 527 g/mol. The molecule has 11 nitrogen and oxygen atoms in total. The first-order valence-electron chi connectivity index (χ1n) is 13.7. The third-order valence-electron chi connectivity index (χ3n) is 7.68. The SMILES string of the molecule is COc1cccnc1N1CCN(C(=O)c2cc3ccc(C4=CCCN(C(=O)CCn5ccnn5)C4)c(F)c3[nH]2)CC1. The maximum Gasteiger partial charge on any atom is 0.270 e. The van der Waals surface area contributed by atoms with Crippen LogP contribution in [0.15, 0.2) is 55.0 Å². The molecule has 41 heavy (non-hydrogen) atoms. The summed E-state index contributed by atoms with van der Waals surface area (Å²) in [6.45, 7) is 3.60. The molecule has 0 bridgehead atoms. The molecule has 5 heterocycles. The van der Waals surface area contributed by atoms with E-state index >= 15 is 4.39 Å². The van der Waals surface area contributed by atoms with E-state index in [-0.39, 0.29) is 11.8 Å². The van der Waals surface area contributed by atoms with Crippen LogP contribution in [0.3, 0.4) is 0 Å². The fraction of sp³-hybridized carbons (Fsp3) is 0.345. The Hall–Kier alpha value is -4.74.